The van der Waals surface area contributed by atoms with Crippen LogP contribution in [-0.2, 0) is 11.2 Å². The van der Waals surface area contributed by atoms with Gasteiger partial charge in [0, 0.05) is 19.6 Å². The van der Waals surface area contributed by atoms with Crippen molar-refractivity contribution in [3.05, 3.63) is 53.6 Å². The molecule has 3 rings (SSSR count). The average Bonchev–Trinajstić information content (AvgIpc) is 2.79. The molecule has 1 amide bonds. The van der Waals surface area contributed by atoms with E-state index in [2.05, 4.69) is 36.3 Å². The summed E-state index contributed by atoms with van der Waals surface area (Å²) in [6.07, 6.45) is 3.74. The molecule has 2 aromatic carbocycles. The summed E-state index contributed by atoms with van der Waals surface area (Å²) >= 11 is 0. The molecule has 0 aromatic heterocycles. The standard InChI is InChI=1S/C26H35N3O4/c1-4-33-24-16-20(12-13-21(24)26(31)32)17-25(30)27-29(18-19(2)3)23-11-7-6-10-22(23)28-14-8-5-9-15-28/h6-7,10-13,16,19H,4-5,8-9,14-15,17-18H2,1-3H3,(H,27,30)(H,31,32). The Kier molecular flexibility index (Phi) is 8.58. The van der Waals surface area contributed by atoms with E-state index in [1.807, 2.05) is 17.1 Å². The van der Waals surface area contributed by atoms with Crippen LogP contribution >= 0.6 is 0 Å². The molecule has 7 nitrogen and oxygen atoms in total. The number of hydrazine groups is 1. The van der Waals surface area contributed by atoms with E-state index in [0.29, 0.717) is 24.6 Å². The lowest BCUT2D eigenvalue weighted by Gasteiger charge is -2.35. The number of benzene rings is 2. The van der Waals surface area contributed by atoms with Crippen molar-refractivity contribution in [3.63, 3.8) is 0 Å². The van der Waals surface area contributed by atoms with Crippen LogP contribution in [0.5, 0.6) is 5.75 Å². The highest BCUT2D eigenvalue weighted by Crippen LogP contribution is 2.31. The van der Waals surface area contributed by atoms with Gasteiger partial charge in [-0.2, -0.15) is 0 Å². The maximum Gasteiger partial charge on any atom is 0.339 e. The molecule has 1 heterocycles. The fourth-order valence-corrected chi connectivity index (χ4v) is 4.17. The van der Waals surface area contributed by atoms with Gasteiger partial charge in [-0.05, 0) is 61.9 Å². The van der Waals surface area contributed by atoms with Crippen LogP contribution in [0.15, 0.2) is 42.5 Å². The molecular formula is C26H35N3O4. The van der Waals surface area contributed by atoms with Crippen LogP contribution in [0.25, 0.3) is 0 Å². The number of hydrogen-bond acceptors (Lipinski definition) is 5. The molecule has 1 aliphatic heterocycles. The smallest absolute Gasteiger partial charge is 0.339 e. The number of nitrogens with one attached hydrogen (secondary N) is 1. The van der Waals surface area contributed by atoms with Gasteiger partial charge in [0.05, 0.1) is 24.4 Å². The highest BCUT2D eigenvalue weighted by molar-refractivity contribution is 5.91. The second-order valence-corrected chi connectivity index (χ2v) is 8.82. The summed E-state index contributed by atoms with van der Waals surface area (Å²) in [5, 5.41) is 11.3. The van der Waals surface area contributed by atoms with Gasteiger partial charge in [-0.3, -0.25) is 15.2 Å². The van der Waals surface area contributed by atoms with Crippen LogP contribution in [0.4, 0.5) is 11.4 Å². The molecule has 178 valence electrons. The van der Waals surface area contributed by atoms with Gasteiger partial charge in [0.2, 0.25) is 5.91 Å². The molecule has 0 radical (unpaired) electrons. The first kappa shape index (κ1) is 24.4. The Morgan fingerprint density at radius 3 is 2.52 bits per heavy atom. The van der Waals surface area contributed by atoms with Crippen molar-refractivity contribution in [2.75, 3.05) is 36.1 Å². The lowest BCUT2D eigenvalue weighted by atomic mass is 10.1. The number of aromatic carboxylic acids is 1. The Balaban J connectivity index is 1.80. The van der Waals surface area contributed by atoms with Crippen LogP contribution < -0.4 is 20.1 Å². The van der Waals surface area contributed by atoms with Gasteiger partial charge >= 0.3 is 5.97 Å². The van der Waals surface area contributed by atoms with Crippen molar-refractivity contribution in [2.45, 2.75) is 46.5 Å². The summed E-state index contributed by atoms with van der Waals surface area (Å²) in [6.45, 7) is 9.13. The van der Waals surface area contributed by atoms with Crippen molar-refractivity contribution in [3.8, 4) is 5.75 Å². The maximum absolute atomic E-state index is 13.0. The molecule has 2 aromatic rings. The van der Waals surface area contributed by atoms with Crippen LogP contribution in [-0.4, -0.2) is 43.2 Å². The Morgan fingerprint density at radius 1 is 1.12 bits per heavy atom. The monoisotopic (exact) mass is 453 g/mol. The zero-order valence-electron chi connectivity index (χ0n) is 19.8. The third kappa shape index (κ3) is 6.63. The minimum absolute atomic E-state index is 0.0953. The fraction of sp³-hybridized carbons (Fsp3) is 0.462. The lowest BCUT2D eigenvalue weighted by Crippen LogP contribution is -2.46. The number of hydrogen-bond donors (Lipinski definition) is 2. The van der Waals surface area contributed by atoms with E-state index in [1.165, 1.54) is 25.3 Å². The van der Waals surface area contributed by atoms with E-state index >= 15 is 0 Å². The van der Waals surface area contributed by atoms with Crippen LogP contribution in [0, 0.1) is 5.92 Å². The number of rotatable bonds is 10. The van der Waals surface area contributed by atoms with E-state index < -0.39 is 5.97 Å². The molecule has 0 aliphatic carbocycles. The number of carboxylic acid groups (broad SMARTS) is 1. The Morgan fingerprint density at radius 2 is 1.85 bits per heavy atom. The number of piperidine rings is 1. The van der Waals surface area contributed by atoms with Gasteiger partial charge in [-0.25, -0.2) is 4.79 Å². The van der Waals surface area contributed by atoms with E-state index in [4.69, 9.17) is 4.74 Å². The first-order valence-electron chi connectivity index (χ1n) is 11.8. The highest BCUT2D eigenvalue weighted by atomic mass is 16.5. The number of para-hydroxylation sites is 2. The number of nitrogens with zero attached hydrogens (tertiary/aromatic N) is 2. The topological polar surface area (TPSA) is 82.1 Å². The molecular weight excluding hydrogens is 418 g/mol. The number of ether oxygens (including phenoxy) is 1. The summed E-state index contributed by atoms with van der Waals surface area (Å²) in [5.41, 5.74) is 6.03. The Bertz CT molecular complexity index is 954. The molecule has 1 saturated heterocycles. The number of carboxylic acids is 1. The van der Waals surface area contributed by atoms with Gasteiger partial charge in [-0.15, -0.1) is 0 Å². The molecule has 1 aliphatic rings. The zero-order chi connectivity index (χ0) is 23.8. The fourth-order valence-electron chi connectivity index (χ4n) is 4.17. The van der Waals surface area contributed by atoms with Crippen molar-refractivity contribution in [1.82, 2.24) is 5.43 Å². The van der Waals surface area contributed by atoms with Gasteiger partial charge in [-0.1, -0.05) is 32.0 Å². The summed E-state index contributed by atoms with van der Waals surface area (Å²) in [5.74, 6) is -0.578. The molecule has 7 heteroatoms. The van der Waals surface area contributed by atoms with Crippen molar-refractivity contribution in [1.29, 1.82) is 0 Å². The molecule has 0 unspecified atom stereocenters. The summed E-state index contributed by atoms with van der Waals surface area (Å²) in [7, 11) is 0. The molecule has 2 N–H and O–H groups in total. The molecule has 0 atom stereocenters. The zero-order valence-corrected chi connectivity index (χ0v) is 19.8. The number of carbonyl (C=O) groups is 2. The number of carbonyl (C=O) groups excluding carboxylic acids is 1. The molecule has 1 fully saturated rings. The molecule has 0 spiro atoms. The second kappa shape index (κ2) is 11.6. The predicted octanol–water partition coefficient (Wildman–Crippen LogP) is 4.51. The summed E-state index contributed by atoms with van der Waals surface area (Å²) in [6, 6.07) is 13.0. The Labute approximate surface area is 196 Å². The van der Waals surface area contributed by atoms with Crippen molar-refractivity contribution < 1.29 is 19.4 Å². The normalized spacial score (nSPS) is 13.6. The summed E-state index contributed by atoms with van der Waals surface area (Å²) < 4.78 is 5.48. The van der Waals surface area contributed by atoms with Gasteiger partial charge < -0.3 is 14.7 Å². The third-order valence-corrected chi connectivity index (χ3v) is 5.62. The van der Waals surface area contributed by atoms with Crippen LogP contribution in [0.2, 0.25) is 0 Å². The van der Waals surface area contributed by atoms with Gasteiger partial charge in [0.15, 0.2) is 0 Å². The SMILES string of the molecule is CCOc1cc(CC(=O)NN(CC(C)C)c2ccccc2N2CCCCC2)ccc1C(=O)O. The predicted molar refractivity (Wildman–Crippen MR) is 131 cm³/mol. The van der Waals surface area contributed by atoms with Gasteiger partial charge in [0.1, 0.15) is 11.3 Å². The third-order valence-electron chi connectivity index (χ3n) is 5.62. The molecule has 0 bridgehead atoms. The first-order chi connectivity index (χ1) is 15.9. The van der Waals surface area contributed by atoms with Crippen molar-refractivity contribution in [2.24, 2.45) is 5.92 Å². The summed E-state index contributed by atoms with van der Waals surface area (Å²) in [4.78, 5) is 26.9. The molecule has 0 saturated carbocycles. The van der Waals surface area contributed by atoms with E-state index in [0.717, 1.165) is 24.5 Å². The number of amides is 1. The minimum atomic E-state index is -1.05. The highest BCUT2D eigenvalue weighted by Gasteiger charge is 2.21. The van der Waals surface area contributed by atoms with Gasteiger partial charge in [0.25, 0.3) is 0 Å². The van der Waals surface area contributed by atoms with Crippen LogP contribution in [0.3, 0.4) is 0 Å². The number of anilines is 2. The van der Waals surface area contributed by atoms with Crippen molar-refractivity contribution >= 4 is 23.3 Å². The lowest BCUT2D eigenvalue weighted by molar-refractivity contribution is -0.120. The Hall–Kier alpha value is -3.22. The second-order valence-electron chi connectivity index (χ2n) is 8.82. The molecule has 33 heavy (non-hydrogen) atoms. The van der Waals surface area contributed by atoms with E-state index in [9.17, 15) is 14.7 Å². The quantitative estimate of drug-likeness (QED) is 0.515. The average molecular weight is 454 g/mol. The maximum atomic E-state index is 13.0. The minimum Gasteiger partial charge on any atom is -0.493 e. The van der Waals surface area contributed by atoms with E-state index in [-0.39, 0.29) is 23.6 Å². The van der Waals surface area contributed by atoms with Crippen LogP contribution in [0.1, 0.15) is 56.0 Å². The van der Waals surface area contributed by atoms with E-state index in [1.54, 1.807) is 19.1 Å². The first-order valence-corrected chi connectivity index (χ1v) is 11.8. The largest absolute Gasteiger partial charge is 0.493 e.